The number of aryl methyl sites for hydroxylation is 1. The second-order valence-electron chi connectivity index (χ2n) is 8.56. The van der Waals surface area contributed by atoms with Gasteiger partial charge < -0.3 is 23.5 Å². The molecule has 1 aliphatic carbocycles. The highest BCUT2D eigenvalue weighted by Gasteiger charge is 2.30. The lowest BCUT2D eigenvalue weighted by molar-refractivity contribution is -0.384. The standard InChI is InChI=1S/C25H26N4O9/c1-3-34-24(30)16-5-4-6-19(11-16)36-22-13-26-21(12-27-22)23-20(15(2)28-38-23)14-35-25(31)37-18-9-7-17(8-10-18)29(32)33/h7-10,12-13,16,19H,3-6,11,14H2,1-2H3/t16-,19-/m0/s1. The molecule has 13 heteroatoms. The number of aromatic nitrogens is 3. The van der Waals surface area contributed by atoms with Crippen LogP contribution in [-0.4, -0.2) is 44.9 Å². The van der Waals surface area contributed by atoms with Gasteiger partial charge >= 0.3 is 12.1 Å². The first kappa shape index (κ1) is 26.5. The van der Waals surface area contributed by atoms with E-state index in [0.717, 1.165) is 19.3 Å². The van der Waals surface area contributed by atoms with Crippen LogP contribution in [0.3, 0.4) is 0 Å². The van der Waals surface area contributed by atoms with Crippen LogP contribution in [-0.2, 0) is 20.9 Å². The zero-order chi connectivity index (χ0) is 27.1. The lowest BCUT2D eigenvalue weighted by atomic mass is 9.87. The van der Waals surface area contributed by atoms with E-state index in [-0.39, 0.29) is 41.8 Å². The molecule has 0 saturated heterocycles. The lowest BCUT2D eigenvalue weighted by Gasteiger charge is -2.27. The second-order valence-corrected chi connectivity index (χ2v) is 8.56. The molecule has 0 radical (unpaired) electrons. The van der Waals surface area contributed by atoms with E-state index in [9.17, 15) is 19.7 Å². The molecule has 0 spiro atoms. The number of hydrogen-bond acceptors (Lipinski definition) is 12. The Labute approximate surface area is 217 Å². The van der Waals surface area contributed by atoms with Crippen LogP contribution in [0.5, 0.6) is 11.6 Å². The molecule has 1 fully saturated rings. The summed E-state index contributed by atoms with van der Waals surface area (Å²) in [6, 6.07) is 5.01. The quantitative estimate of drug-likeness (QED) is 0.165. The minimum absolute atomic E-state index is 0.0934. The average Bonchev–Trinajstić information content (AvgIpc) is 3.28. The van der Waals surface area contributed by atoms with Crippen molar-refractivity contribution in [3.05, 3.63) is 58.0 Å². The van der Waals surface area contributed by atoms with Gasteiger partial charge in [-0.2, -0.15) is 0 Å². The van der Waals surface area contributed by atoms with Gasteiger partial charge in [0, 0.05) is 12.1 Å². The molecule has 3 aromatic rings. The van der Waals surface area contributed by atoms with Crippen LogP contribution in [0, 0.1) is 23.0 Å². The van der Waals surface area contributed by atoms with E-state index in [2.05, 4.69) is 15.1 Å². The second kappa shape index (κ2) is 12.1. The largest absolute Gasteiger partial charge is 0.514 e. The predicted octanol–water partition coefficient (Wildman–Crippen LogP) is 4.56. The van der Waals surface area contributed by atoms with Gasteiger partial charge in [0.25, 0.3) is 5.69 Å². The van der Waals surface area contributed by atoms with Crippen LogP contribution in [0.2, 0.25) is 0 Å². The number of nitrogens with zero attached hydrogens (tertiary/aromatic N) is 4. The van der Waals surface area contributed by atoms with Gasteiger partial charge in [0.1, 0.15) is 24.2 Å². The smallest absolute Gasteiger partial charge is 0.473 e. The molecule has 2 aromatic heterocycles. The Morgan fingerprint density at radius 1 is 1.13 bits per heavy atom. The Kier molecular flexibility index (Phi) is 8.46. The molecule has 200 valence electrons. The Balaban J connectivity index is 1.35. The first-order valence-corrected chi connectivity index (χ1v) is 12.0. The summed E-state index contributed by atoms with van der Waals surface area (Å²) in [6.45, 7) is 3.60. The maximum Gasteiger partial charge on any atom is 0.514 e. The highest BCUT2D eigenvalue weighted by atomic mass is 16.7. The number of non-ortho nitro benzene ring substituents is 1. The van der Waals surface area contributed by atoms with Crippen molar-refractivity contribution in [1.29, 1.82) is 0 Å². The van der Waals surface area contributed by atoms with Gasteiger partial charge in [0.2, 0.25) is 5.88 Å². The maximum atomic E-state index is 12.1. The van der Waals surface area contributed by atoms with Gasteiger partial charge in [0.05, 0.1) is 41.1 Å². The van der Waals surface area contributed by atoms with Gasteiger partial charge in [-0.25, -0.2) is 14.8 Å². The number of esters is 1. The highest BCUT2D eigenvalue weighted by Crippen LogP contribution is 2.29. The molecule has 0 bridgehead atoms. The van der Waals surface area contributed by atoms with Crippen molar-refractivity contribution in [2.24, 2.45) is 5.92 Å². The minimum Gasteiger partial charge on any atom is -0.473 e. The summed E-state index contributed by atoms with van der Waals surface area (Å²) in [4.78, 5) is 43.0. The molecule has 2 atom stereocenters. The van der Waals surface area contributed by atoms with Crippen molar-refractivity contribution in [1.82, 2.24) is 15.1 Å². The van der Waals surface area contributed by atoms with Gasteiger partial charge in [-0.3, -0.25) is 14.9 Å². The van der Waals surface area contributed by atoms with Gasteiger partial charge in [0.15, 0.2) is 5.76 Å². The highest BCUT2D eigenvalue weighted by molar-refractivity contribution is 5.72. The van der Waals surface area contributed by atoms with E-state index >= 15 is 0 Å². The third-order valence-electron chi connectivity index (χ3n) is 5.96. The third-order valence-corrected chi connectivity index (χ3v) is 5.96. The summed E-state index contributed by atoms with van der Waals surface area (Å²) in [7, 11) is 0. The fourth-order valence-electron chi connectivity index (χ4n) is 4.04. The van der Waals surface area contributed by atoms with E-state index in [1.54, 1.807) is 13.8 Å². The van der Waals surface area contributed by atoms with E-state index in [1.165, 1.54) is 36.7 Å². The summed E-state index contributed by atoms with van der Waals surface area (Å²) in [5, 5.41) is 14.7. The van der Waals surface area contributed by atoms with E-state index in [1.807, 2.05) is 0 Å². The molecule has 1 aromatic carbocycles. The summed E-state index contributed by atoms with van der Waals surface area (Å²) in [5.74, 6) is 0.284. The topological polar surface area (TPSA) is 166 Å². The first-order valence-electron chi connectivity index (χ1n) is 12.0. The molecule has 2 heterocycles. The van der Waals surface area contributed by atoms with Crippen molar-refractivity contribution in [3.8, 4) is 23.1 Å². The predicted molar refractivity (Wildman–Crippen MR) is 129 cm³/mol. The first-order chi connectivity index (χ1) is 18.3. The number of carbonyl (C=O) groups is 2. The fraction of sp³-hybridized carbons (Fsp3) is 0.400. The monoisotopic (exact) mass is 526 g/mol. The zero-order valence-electron chi connectivity index (χ0n) is 20.8. The van der Waals surface area contributed by atoms with E-state index in [4.69, 9.17) is 23.5 Å². The number of carbonyl (C=O) groups excluding carboxylic acids is 2. The Hall–Kier alpha value is -4.55. The molecule has 0 N–H and O–H groups in total. The summed E-state index contributed by atoms with van der Waals surface area (Å²) in [5.41, 5.74) is 1.18. The summed E-state index contributed by atoms with van der Waals surface area (Å²) < 4.78 is 26.7. The number of hydrogen-bond donors (Lipinski definition) is 0. The number of ether oxygens (including phenoxy) is 4. The van der Waals surface area contributed by atoms with E-state index in [0.29, 0.717) is 35.9 Å². The zero-order valence-corrected chi connectivity index (χ0v) is 20.8. The number of rotatable bonds is 9. The van der Waals surface area contributed by atoms with Crippen LogP contribution in [0.1, 0.15) is 43.9 Å². The molecular weight excluding hydrogens is 500 g/mol. The Bertz CT molecular complexity index is 1270. The van der Waals surface area contributed by atoms with Gasteiger partial charge in [-0.15, -0.1) is 0 Å². The molecule has 0 amide bonds. The number of nitro benzene ring substituents is 1. The van der Waals surface area contributed by atoms with Crippen molar-refractivity contribution in [3.63, 3.8) is 0 Å². The van der Waals surface area contributed by atoms with Gasteiger partial charge in [-0.1, -0.05) is 5.16 Å². The van der Waals surface area contributed by atoms with Crippen molar-refractivity contribution in [2.75, 3.05) is 6.61 Å². The fourth-order valence-corrected chi connectivity index (χ4v) is 4.04. The van der Waals surface area contributed by atoms with Gasteiger partial charge in [-0.05, 0) is 51.7 Å². The van der Waals surface area contributed by atoms with Crippen LogP contribution in [0.15, 0.2) is 41.2 Å². The molecule has 1 saturated carbocycles. The molecule has 38 heavy (non-hydrogen) atoms. The maximum absolute atomic E-state index is 12.1. The Morgan fingerprint density at radius 3 is 2.61 bits per heavy atom. The van der Waals surface area contributed by atoms with E-state index < -0.39 is 11.1 Å². The average molecular weight is 527 g/mol. The molecule has 0 aliphatic heterocycles. The number of nitro groups is 1. The molecule has 4 rings (SSSR count). The minimum atomic E-state index is -1.01. The van der Waals surface area contributed by atoms with Crippen LogP contribution < -0.4 is 9.47 Å². The summed E-state index contributed by atoms with van der Waals surface area (Å²) in [6.07, 6.45) is 4.73. The number of benzene rings is 1. The van der Waals surface area contributed by atoms with Crippen molar-refractivity contribution in [2.45, 2.75) is 52.2 Å². The molecule has 1 aliphatic rings. The third kappa shape index (κ3) is 6.60. The van der Waals surface area contributed by atoms with Crippen LogP contribution in [0.25, 0.3) is 11.5 Å². The summed E-state index contributed by atoms with van der Waals surface area (Å²) >= 11 is 0. The SMILES string of the molecule is CCOC(=O)[C@H]1CCC[C@H](Oc2cnc(-c3onc(C)c3COC(=O)Oc3ccc([N+](=O)[O-])cc3)cn2)C1. The Morgan fingerprint density at radius 2 is 1.92 bits per heavy atom. The molecule has 0 unspecified atom stereocenters. The lowest BCUT2D eigenvalue weighted by Crippen LogP contribution is -2.31. The normalized spacial score (nSPS) is 16.9. The van der Waals surface area contributed by atoms with Crippen LogP contribution in [0.4, 0.5) is 10.5 Å². The van der Waals surface area contributed by atoms with Crippen molar-refractivity contribution < 1.29 is 38.0 Å². The molecular formula is C25H26N4O9. The van der Waals surface area contributed by atoms with Crippen molar-refractivity contribution >= 4 is 17.8 Å². The van der Waals surface area contributed by atoms with Crippen LogP contribution >= 0.6 is 0 Å². The molecule has 13 nitrogen and oxygen atoms in total.